The minimum Gasteiger partial charge on any atom is -0.497 e. The quantitative estimate of drug-likeness (QED) is 0.519. The number of carbonyl (C=O) groups excluding carboxylic acids is 1. The predicted octanol–water partition coefficient (Wildman–Crippen LogP) is 5.36. The highest BCUT2D eigenvalue weighted by molar-refractivity contribution is 6.08. The number of ether oxygens (including phenoxy) is 1. The smallest absolute Gasteiger partial charge is 0.194 e. The molecule has 0 bridgehead atoms. The number of halogens is 1. The summed E-state index contributed by atoms with van der Waals surface area (Å²) in [4.78, 5) is 19.6. The minimum atomic E-state index is -0.354. The standard InChI is InChI=1S/C25H25FN2O2/c1-17(18-7-11-23(30-2)12-8-18)28-13-3-4-24(28)20-14-21(16-27-15-20)25(29)19-5-9-22(26)10-6-19/h5-12,14-17,24H,3-4,13H2,1-2H3/t17-,24?/m1/s1. The van der Waals surface area contributed by atoms with Crippen LogP contribution in [0.15, 0.2) is 67.0 Å². The van der Waals surface area contributed by atoms with Crippen LogP contribution in [0.2, 0.25) is 0 Å². The first-order chi connectivity index (χ1) is 14.6. The van der Waals surface area contributed by atoms with Crippen molar-refractivity contribution in [3.63, 3.8) is 0 Å². The van der Waals surface area contributed by atoms with E-state index in [0.29, 0.717) is 11.1 Å². The number of carbonyl (C=O) groups is 1. The highest BCUT2D eigenvalue weighted by atomic mass is 19.1. The molecule has 0 amide bonds. The van der Waals surface area contributed by atoms with Gasteiger partial charge in [0.25, 0.3) is 0 Å². The lowest BCUT2D eigenvalue weighted by molar-refractivity contribution is 0.103. The van der Waals surface area contributed by atoms with E-state index in [-0.39, 0.29) is 23.7 Å². The number of pyridine rings is 1. The van der Waals surface area contributed by atoms with Crippen molar-refractivity contribution in [1.82, 2.24) is 9.88 Å². The lowest BCUT2D eigenvalue weighted by Crippen LogP contribution is -2.27. The van der Waals surface area contributed by atoms with Gasteiger partial charge in [-0.3, -0.25) is 14.7 Å². The summed E-state index contributed by atoms with van der Waals surface area (Å²) in [6, 6.07) is 16.2. The summed E-state index contributed by atoms with van der Waals surface area (Å²) in [5.74, 6) is 0.352. The highest BCUT2D eigenvalue weighted by Crippen LogP contribution is 2.38. The number of ketones is 1. The Morgan fingerprint density at radius 3 is 2.53 bits per heavy atom. The average molecular weight is 404 g/mol. The van der Waals surface area contributed by atoms with Crippen LogP contribution in [0.5, 0.6) is 5.75 Å². The maximum Gasteiger partial charge on any atom is 0.194 e. The molecule has 0 aliphatic carbocycles. The fraction of sp³-hybridized carbons (Fsp3) is 0.280. The summed E-state index contributed by atoms with van der Waals surface area (Å²) < 4.78 is 18.5. The van der Waals surface area contributed by atoms with Crippen molar-refractivity contribution < 1.29 is 13.9 Å². The van der Waals surface area contributed by atoms with Gasteiger partial charge in [-0.05, 0) is 79.9 Å². The lowest BCUT2D eigenvalue weighted by atomic mass is 9.98. The van der Waals surface area contributed by atoms with Crippen molar-refractivity contribution >= 4 is 5.78 Å². The van der Waals surface area contributed by atoms with Crippen molar-refractivity contribution in [1.29, 1.82) is 0 Å². The van der Waals surface area contributed by atoms with Crippen molar-refractivity contribution in [2.75, 3.05) is 13.7 Å². The van der Waals surface area contributed by atoms with E-state index in [1.807, 2.05) is 24.4 Å². The monoisotopic (exact) mass is 404 g/mol. The fourth-order valence-electron chi connectivity index (χ4n) is 4.22. The van der Waals surface area contributed by atoms with Gasteiger partial charge in [-0.1, -0.05) is 12.1 Å². The van der Waals surface area contributed by atoms with Gasteiger partial charge in [-0.25, -0.2) is 4.39 Å². The van der Waals surface area contributed by atoms with E-state index in [1.54, 1.807) is 13.3 Å². The third-order valence-electron chi connectivity index (χ3n) is 5.90. The largest absolute Gasteiger partial charge is 0.497 e. The second kappa shape index (κ2) is 8.76. The summed E-state index contributed by atoms with van der Waals surface area (Å²) >= 11 is 0. The molecule has 30 heavy (non-hydrogen) atoms. The molecule has 0 radical (unpaired) electrons. The Kier molecular flexibility index (Phi) is 5.91. The first kappa shape index (κ1) is 20.2. The highest BCUT2D eigenvalue weighted by Gasteiger charge is 2.31. The third kappa shape index (κ3) is 4.12. The first-order valence-corrected chi connectivity index (χ1v) is 10.2. The second-order valence-corrected chi connectivity index (χ2v) is 7.69. The summed E-state index contributed by atoms with van der Waals surface area (Å²) in [5, 5.41) is 0. The van der Waals surface area contributed by atoms with E-state index in [2.05, 4.69) is 28.9 Å². The number of hydrogen-bond acceptors (Lipinski definition) is 4. The summed E-state index contributed by atoms with van der Waals surface area (Å²) in [6.45, 7) is 3.20. The molecular formula is C25H25FN2O2. The van der Waals surface area contributed by atoms with E-state index in [1.165, 1.54) is 29.8 Å². The molecule has 5 heteroatoms. The van der Waals surface area contributed by atoms with Crippen molar-refractivity contribution in [3.8, 4) is 5.75 Å². The Bertz CT molecular complexity index is 1020. The van der Waals surface area contributed by atoms with Crippen LogP contribution < -0.4 is 4.74 Å². The van der Waals surface area contributed by atoms with E-state index in [0.717, 1.165) is 30.7 Å². The topological polar surface area (TPSA) is 42.4 Å². The number of methoxy groups -OCH3 is 1. The van der Waals surface area contributed by atoms with Crippen molar-refractivity contribution in [3.05, 3.63) is 95.1 Å². The molecule has 4 rings (SSSR count). The van der Waals surface area contributed by atoms with Crippen LogP contribution in [0.25, 0.3) is 0 Å². The number of likely N-dealkylation sites (tertiary alicyclic amines) is 1. The number of rotatable bonds is 6. The van der Waals surface area contributed by atoms with Crippen LogP contribution in [0, 0.1) is 5.82 Å². The predicted molar refractivity (Wildman–Crippen MR) is 114 cm³/mol. The lowest BCUT2D eigenvalue weighted by Gasteiger charge is -2.31. The zero-order valence-corrected chi connectivity index (χ0v) is 17.2. The van der Waals surface area contributed by atoms with Crippen LogP contribution in [0.1, 0.15) is 58.9 Å². The number of aromatic nitrogens is 1. The molecule has 3 aromatic rings. The summed E-state index contributed by atoms with van der Waals surface area (Å²) in [7, 11) is 1.67. The van der Waals surface area contributed by atoms with Gasteiger partial charge in [0.1, 0.15) is 11.6 Å². The molecule has 2 aromatic carbocycles. The molecule has 0 saturated carbocycles. The normalized spacial score (nSPS) is 17.6. The summed E-state index contributed by atoms with van der Waals surface area (Å²) in [5.41, 5.74) is 3.27. The molecule has 154 valence electrons. The maximum atomic E-state index is 13.2. The number of nitrogens with zero attached hydrogens (tertiary/aromatic N) is 2. The number of hydrogen-bond donors (Lipinski definition) is 0. The molecule has 2 atom stereocenters. The SMILES string of the molecule is COc1ccc([C@@H](C)N2CCCC2c2cncc(C(=O)c3ccc(F)cc3)c2)cc1. The van der Waals surface area contributed by atoms with Gasteiger partial charge in [-0.15, -0.1) is 0 Å². The third-order valence-corrected chi connectivity index (χ3v) is 5.90. The maximum absolute atomic E-state index is 13.2. The molecule has 1 saturated heterocycles. The molecule has 1 fully saturated rings. The fourth-order valence-corrected chi connectivity index (χ4v) is 4.22. The second-order valence-electron chi connectivity index (χ2n) is 7.69. The van der Waals surface area contributed by atoms with Crippen LogP contribution in [0.4, 0.5) is 4.39 Å². The Hall–Kier alpha value is -3.05. The molecule has 2 heterocycles. The Balaban J connectivity index is 1.57. The van der Waals surface area contributed by atoms with Crippen LogP contribution >= 0.6 is 0 Å². The Labute approximate surface area is 176 Å². The van der Waals surface area contributed by atoms with Gasteiger partial charge >= 0.3 is 0 Å². The van der Waals surface area contributed by atoms with Gasteiger partial charge in [0.2, 0.25) is 0 Å². The van der Waals surface area contributed by atoms with Crippen LogP contribution in [-0.4, -0.2) is 29.3 Å². The molecule has 0 N–H and O–H groups in total. The molecule has 1 unspecified atom stereocenters. The van der Waals surface area contributed by atoms with E-state index >= 15 is 0 Å². The van der Waals surface area contributed by atoms with Crippen LogP contribution in [0.3, 0.4) is 0 Å². The molecular weight excluding hydrogens is 379 g/mol. The zero-order valence-electron chi connectivity index (χ0n) is 17.2. The minimum absolute atomic E-state index is 0.142. The van der Waals surface area contributed by atoms with E-state index < -0.39 is 0 Å². The molecule has 4 nitrogen and oxygen atoms in total. The Morgan fingerprint density at radius 1 is 1.10 bits per heavy atom. The molecule has 0 spiro atoms. The van der Waals surface area contributed by atoms with E-state index in [9.17, 15) is 9.18 Å². The van der Waals surface area contributed by atoms with Gasteiger partial charge in [0.05, 0.1) is 7.11 Å². The Morgan fingerprint density at radius 2 is 1.83 bits per heavy atom. The first-order valence-electron chi connectivity index (χ1n) is 10.2. The van der Waals surface area contributed by atoms with Crippen molar-refractivity contribution in [2.24, 2.45) is 0 Å². The average Bonchev–Trinajstić information content (AvgIpc) is 3.29. The van der Waals surface area contributed by atoms with Gasteiger partial charge in [0, 0.05) is 35.6 Å². The number of benzene rings is 2. The molecule has 1 aliphatic rings. The van der Waals surface area contributed by atoms with Crippen molar-refractivity contribution in [2.45, 2.75) is 31.8 Å². The van der Waals surface area contributed by atoms with Gasteiger partial charge < -0.3 is 4.74 Å². The van der Waals surface area contributed by atoms with Gasteiger partial charge in [0.15, 0.2) is 5.78 Å². The van der Waals surface area contributed by atoms with E-state index in [4.69, 9.17) is 4.74 Å². The van der Waals surface area contributed by atoms with Crippen LogP contribution in [-0.2, 0) is 0 Å². The summed E-state index contributed by atoms with van der Waals surface area (Å²) in [6.07, 6.45) is 5.56. The molecule has 1 aromatic heterocycles. The zero-order chi connectivity index (χ0) is 21.1. The van der Waals surface area contributed by atoms with Gasteiger partial charge in [-0.2, -0.15) is 0 Å². The molecule has 1 aliphatic heterocycles.